The summed E-state index contributed by atoms with van der Waals surface area (Å²) < 4.78 is 0. The lowest BCUT2D eigenvalue weighted by Crippen LogP contribution is -1.77. The fourth-order valence-electron chi connectivity index (χ4n) is 0.760. The Kier molecular flexibility index (Phi) is 18.6. The van der Waals surface area contributed by atoms with Crippen molar-refractivity contribution < 1.29 is 0 Å². The third-order valence-corrected chi connectivity index (χ3v) is 1.32. The summed E-state index contributed by atoms with van der Waals surface area (Å²) in [6.07, 6.45) is 13.3. The predicted octanol–water partition coefficient (Wildman–Crippen LogP) is 4.28. The van der Waals surface area contributed by atoms with Crippen LogP contribution in [0.1, 0.15) is 25.7 Å². The molecule has 0 nitrogen and oxygen atoms in total. The topological polar surface area (TPSA) is 0 Å². The van der Waals surface area contributed by atoms with E-state index in [1.54, 1.807) is 12.2 Å². The summed E-state index contributed by atoms with van der Waals surface area (Å²) in [6.45, 7) is 12.7. The molecule has 0 fully saturated rings. The molecule has 0 radical (unpaired) electrons. The molecule has 0 aromatic rings. The molecule has 68 valence electrons. The molecule has 0 amide bonds. The minimum Gasteiger partial charge on any atom is -0.106 e. The van der Waals surface area contributed by atoms with E-state index in [2.05, 4.69) is 38.5 Å². The van der Waals surface area contributed by atoms with Crippen LogP contribution in [0.2, 0.25) is 0 Å². The van der Waals surface area contributed by atoms with Crippen molar-refractivity contribution in [3.05, 3.63) is 50.6 Å². The molecule has 12 heavy (non-hydrogen) atoms. The van der Waals surface area contributed by atoms with Crippen molar-refractivity contribution in [2.45, 2.75) is 25.7 Å². The number of hydrogen-bond acceptors (Lipinski definition) is 0. The molecule has 0 saturated carbocycles. The highest BCUT2D eigenvalue weighted by atomic mass is 13.9. The Bertz CT molecular complexity index is 106. The van der Waals surface area contributed by atoms with E-state index >= 15 is 0 Å². The van der Waals surface area contributed by atoms with Gasteiger partial charge in [0.15, 0.2) is 0 Å². The van der Waals surface area contributed by atoms with Crippen LogP contribution >= 0.6 is 0 Å². The zero-order valence-electron chi connectivity index (χ0n) is 7.97. The maximum atomic E-state index is 3.36. The molecule has 0 atom stereocenters. The maximum Gasteiger partial charge on any atom is -0.0351 e. The first kappa shape index (κ1) is 13.5. The van der Waals surface area contributed by atoms with Crippen LogP contribution in [0.4, 0.5) is 0 Å². The van der Waals surface area contributed by atoms with Crippen molar-refractivity contribution in [2.75, 3.05) is 0 Å². The van der Waals surface area contributed by atoms with Crippen LogP contribution in [0.3, 0.4) is 0 Å². The predicted molar refractivity (Wildman–Crippen MR) is 59.3 cm³/mol. The van der Waals surface area contributed by atoms with Crippen molar-refractivity contribution in [1.29, 1.82) is 0 Å². The molecule has 0 bridgehead atoms. The van der Waals surface area contributed by atoms with Crippen molar-refractivity contribution in [3.63, 3.8) is 0 Å². The first-order valence-corrected chi connectivity index (χ1v) is 4.30. The Balaban J connectivity index is 0. The van der Waals surface area contributed by atoms with Gasteiger partial charge in [-0.3, -0.25) is 0 Å². The average Bonchev–Trinajstić information content (AvgIpc) is 2.24. The monoisotopic (exact) mass is 164 g/mol. The average molecular weight is 164 g/mol. The molecule has 1 rings (SSSR count). The Labute approximate surface area is 77.0 Å². The van der Waals surface area contributed by atoms with E-state index < -0.39 is 0 Å². The van der Waals surface area contributed by atoms with Gasteiger partial charge in [-0.2, -0.15) is 0 Å². The summed E-state index contributed by atoms with van der Waals surface area (Å²) in [6, 6.07) is 0. The van der Waals surface area contributed by atoms with E-state index in [4.69, 9.17) is 0 Å². The molecular weight excluding hydrogens is 144 g/mol. The van der Waals surface area contributed by atoms with Gasteiger partial charge < -0.3 is 0 Å². The second-order valence-electron chi connectivity index (χ2n) is 2.23. The van der Waals surface area contributed by atoms with E-state index in [0.29, 0.717) is 0 Å². The van der Waals surface area contributed by atoms with Gasteiger partial charge in [-0.1, -0.05) is 37.5 Å². The van der Waals surface area contributed by atoms with Gasteiger partial charge in [-0.05, 0) is 25.7 Å². The van der Waals surface area contributed by atoms with Crippen molar-refractivity contribution in [1.82, 2.24) is 0 Å². The second kappa shape index (κ2) is 16.5. The minimum absolute atomic E-state index is 1.32. The first-order valence-electron chi connectivity index (χ1n) is 4.30. The van der Waals surface area contributed by atoms with Gasteiger partial charge in [-0.25, -0.2) is 0 Å². The Morgan fingerprint density at radius 3 is 1.25 bits per heavy atom. The molecule has 0 aliphatic heterocycles. The van der Waals surface area contributed by atoms with Gasteiger partial charge in [0.1, 0.15) is 0 Å². The van der Waals surface area contributed by atoms with Crippen LogP contribution in [0, 0.1) is 0 Å². The summed E-state index contributed by atoms with van der Waals surface area (Å²) in [4.78, 5) is 0. The second-order valence-corrected chi connectivity index (χ2v) is 2.23. The number of hydrogen-bond donors (Lipinski definition) is 0. The fourth-order valence-corrected chi connectivity index (χ4v) is 0.760. The van der Waals surface area contributed by atoms with Crippen LogP contribution in [0.5, 0.6) is 0 Å². The largest absolute Gasteiger partial charge is 0.106 e. The van der Waals surface area contributed by atoms with Crippen LogP contribution in [0.25, 0.3) is 0 Å². The number of allylic oxidation sites excluding steroid dienone is 4. The van der Waals surface area contributed by atoms with Crippen molar-refractivity contribution in [2.24, 2.45) is 0 Å². The smallest absolute Gasteiger partial charge is 0.0351 e. The zero-order chi connectivity index (χ0) is 9.66. The van der Waals surface area contributed by atoms with Crippen LogP contribution in [-0.2, 0) is 0 Å². The Hall–Kier alpha value is -1.04. The van der Waals surface area contributed by atoms with Gasteiger partial charge in [0, 0.05) is 0 Å². The summed E-state index contributed by atoms with van der Waals surface area (Å²) in [5.74, 6) is 0. The lowest BCUT2D eigenvalue weighted by Gasteiger charge is -1.97. The van der Waals surface area contributed by atoms with E-state index in [1.165, 1.54) is 25.7 Å². The molecule has 0 aromatic carbocycles. The molecule has 0 unspecified atom stereocenters. The lowest BCUT2D eigenvalue weighted by molar-refractivity contribution is 0.730. The first-order chi connectivity index (χ1) is 5.91. The minimum atomic E-state index is 1.32. The summed E-state index contributed by atoms with van der Waals surface area (Å²) in [5.41, 5.74) is 0. The molecule has 0 aromatic heterocycles. The highest BCUT2D eigenvalue weighted by Crippen LogP contribution is 2.07. The van der Waals surface area contributed by atoms with E-state index in [0.717, 1.165) is 0 Å². The van der Waals surface area contributed by atoms with E-state index in [-0.39, 0.29) is 0 Å². The van der Waals surface area contributed by atoms with Gasteiger partial charge in [0.05, 0.1) is 0 Å². The SMILES string of the molecule is C1=CCCCC1.C=C.C=CC=C. The van der Waals surface area contributed by atoms with Crippen molar-refractivity contribution >= 4 is 0 Å². The van der Waals surface area contributed by atoms with Crippen LogP contribution in [0.15, 0.2) is 50.6 Å². The maximum absolute atomic E-state index is 3.36. The van der Waals surface area contributed by atoms with Gasteiger partial charge in [-0.15, -0.1) is 13.2 Å². The molecule has 0 heteroatoms. The quantitative estimate of drug-likeness (QED) is 0.401. The lowest BCUT2D eigenvalue weighted by atomic mass is 10.1. The molecule has 0 heterocycles. The summed E-state index contributed by atoms with van der Waals surface area (Å²) >= 11 is 0. The zero-order valence-corrected chi connectivity index (χ0v) is 7.97. The third kappa shape index (κ3) is 16.0. The standard InChI is InChI=1S/C6H10.C4H6.C2H4/c1-2-4-6-5-3-1;1-3-4-2;1-2/h1-2H,3-6H2;3-4H,1-2H2;1-2H2. The molecule has 1 aliphatic carbocycles. The van der Waals surface area contributed by atoms with Gasteiger partial charge >= 0.3 is 0 Å². The Morgan fingerprint density at radius 2 is 1.17 bits per heavy atom. The summed E-state index contributed by atoms with van der Waals surface area (Å²) in [7, 11) is 0. The number of rotatable bonds is 1. The van der Waals surface area contributed by atoms with Gasteiger partial charge in [0.2, 0.25) is 0 Å². The van der Waals surface area contributed by atoms with E-state index in [1.807, 2.05) is 0 Å². The highest BCUT2D eigenvalue weighted by molar-refractivity contribution is 4.88. The van der Waals surface area contributed by atoms with Gasteiger partial charge in [0.25, 0.3) is 0 Å². The molecule has 0 N–H and O–H groups in total. The fraction of sp³-hybridized carbons (Fsp3) is 0.333. The Morgan fingerprint density at radius 1 is 0.833 bits per heavy atom. The third-order valence-electron chi connectivity index (χ3n) is 1.32. The molecule has 0 spiro atoms. The van der Waals surface area contributed by atoms with E-state index in [9.17, 15) is 0 Å². The van der Waals surface area contributed by atoms with Crippen LogP contribution in [-0.4, -0.2) is 0 Å². The van der Waals surface area contributed by atoms with Crippen LogP contribution < -0.4 is 0 Å². The molecular formula is C12H20. The summed E-state index contributed by atoms with van der Waals surface area (Å²) in [5, 5.41) is 0. The van der Waals surface area contributed by atoms with Crippen molar-refractivity contribution in [3.8, 4) is 0 Å². The highest BCUT2D eigenvalue weighted by Gasteiger charge is 1.87. The molecule has 1 aliphatic rings. The normalized spacial score (nSPS) is 12.7. The molecule has 0 saturated heterocycles.